The molecule has 12 atom stereocenters. The number of ether oxygens (including phenoxy) is 4. The van der Waals surface area contributed by atoms with E-state index in [1.54, 1.807) is 48.5 Å². The Bertz CT molecular complexity index is 2830. The molecule has 0 unspecified atom stereocenters. The Labute approximate surface area is 541 Å². The van der Waals surface area contributed by atoms with Crippen LogP contribution in [0.2, 0.25) is 0 Å². The van der Waals surface area contributed by atoms with Crippen LogP contribution in [-0.2, 0) is 47.7 Å². The fourth-order valence-corrected chi connectivity index (χ4v) is 11.9. The van der Waals surface area contributed by atoms with Gasteiger partial charge in [-0.25, -0.2) is 9.59 Å². The van der Waals surface area contributed by atoms with E-state index in [2.05, 4.69) is 31.9 Å². The molecule has 2 fully saturated rings. The highest BCUT2D eigenvalue weighted by Crippen LogP contribution is 2.36. The predicted octanol–water partition coefficient (Wildman–Crippen LogP) is 1.57. The van der Waals surface area contributed by atoms with Crippen molar-refractivity contribution in [3.8, 4) is 22.3 Å². The van der Waals surface area contributed by atoms with Gasteiger partial charge >= 0.3 is 11.9 Å². The lowest BCUT2D eigenvalue weighted by Crippen LogP contribution is -2.68. The number of benzene rings is 4. The number of hydrogen-bond donors (Lipinski definition) is 14. The Kier molecular flexibility index (Phi) is 29.7. The van der Waals surface area contributed by atoms with Crippen molar-refractivity contribution in [1.29, 1.82) is 0 Å². The predicted molar refractivity (Wildman–Crippen MR) is 340 cm³/mol. The molecule has 4 aromatic rings. The van der Waals surface area contributed by atoms with Gasteiger partial charge in [0, 0.05) is 88.3 Å². The summed E-state index contributed by atoms with van der Waals surface area (Å²) in [4.78, 5) is 100. The molecule has 0 spiro atoms. The number of thioether (sulfide) groups is 2. The monoisotopic (exact) mass is 1320 g/mol. The number of carboxylic acid groups (broad SMARTS) is 2. The van der Waals surface area contributed by atoms with Crippen LogP contribution >= 0.6 is 23.5 Å². The number of carbonyl (C=O) groups excluding carboxylic acids is 6. The van der Waals surface area contributed by atoms with Gasteiger partial charge in [0.15, 0.2) is 0 Å². The van der Waals surface area contributed by atoms with Gasteiger partial charge in [-0.2, -0.15) is 23.5 Å². The highest BCUT2D eigenvalue weighted by molar-refractivity contribution is 7.99. The average molecular weight is 1320 g/mol. The standard InChI is InChI=1S/C64H84N6O20S2/c1-39(71)69-53-47(73)35-63(61(83)84,89-57(53)55(79)49(75)37-67-59(81)45-23-19-43(20-24-45)41-13-5-3-6-14-41)87-29-11-31-91-33-27-65-51(77)17-9-10-18-52(78)66-28-34-92-32-12-30-88-64(62(85)86)36-48(74)54(70-40(2)72)58(90-64)56(80)50(76)38-68-60(82)46-25-21-44(22-26-46)42-15-7-4-8-16-42/h3-8,13-16,19-26,47-50,53-58,73-76,79-80H,9-12,17-18,27-38H2,1-2H3,(H,65,77)(H,66,78)(H,67,81)(H,68,82)(H,69,71)(H,70,72)(H,83,84)(H,85,86)/t47-,48-,49+,50+,53+,54+,55+,56+,57+,58+,63+,64+/m0/s1. The van der Waals surface area contributed by atoms with Crippen molar-refractivity contribution in [2.45, 2.75) is 138 Å². The highest BCUT2D eigenvalue weighted by Gasteiger charge is 2.57. The number of aliphatic hydroxyl groups excluding tert-OH is 6. The molecule has 0 bridgehead atoms. The van der Waals surface area contributed by atoms with Crippen molar-refractivity contribution in [1.82, 2.24) is 31.9 Å². The van der Waals surface area contributed by atoms with Gasteiger partial charge in [0.05, 0.1) is 49.7 Å². The molecule has 6 rings (SSSR count). The lowest BCUT2D eigenvalue weighted by molar-refractivity contribution is -0.310. The van der Waals surface area contributed by atoms with Crippen molar-refractivity contribution in [3.63, 3.8) is 0 Å². The van der Waals surface area contributed by atoms with E-state index in [0.29, 0.717) is 61.8 Å². The quantitative estimate of drug-likeness (QED) is 0.0285. The number of aliphatic hydroxyl groups is 6. The highest BCUT2D eigenvalue weighted by atomic mass is 32.2. The summed E-state index contributed by atoms with van der Waals surface area (Å²) in [7, 11) is 0. The first-order valence-corrected chi connectivity index (χ1v) is 32.6. The number of rotatable bonds is 37. The van der Waals surface area contributed by atoms with Crippen LogP contribution in [0.1, 0.15) is 85.9 Å². The van der Waals surface area contributed by atoms with E-state index in [9.17, 15) is 79.2 Å². The van der Waals surface area contributed by atoms with Crippen LogP contribution in [0, 0.1) is 0 Å². The van der Waals surface area contributed by atoms with Gasteiger partial charge in [-0.3, -0.25) is 28.8 Å². The minimum Gasteiger partial charge on any atom is -0.477 e. The molecular formula is C64H84N6O20S2. The number of carboxylic acids is 2. The van der Waals surface area contributed by atoms with Gasteiger partial charge in [-0.1, -0.05) is 84.9 Å². The van der Waals surface area contributed by atoms with Gasteiger partial charge in [0.1, 0.15) is 24.4 Å². The maximum Gasteiger partial charge on any atom is 0.364 e. The largest absolute Gasteiger partial charge is 0.477 e. The molecule has 2 aliphatic rings. The number of nitrogens with one attached hydrogen (secondary N) is 6. The summed E-state index contributed by atoms with van der Waals surface area (Å²) in [6.45, 7) is 1.65. The molecule has 0 aliphatic carbocycles. The van der Waals surface area contributed by atoms with Crippen molar-refractivity contribution < 1.29 is 98.2 Å². The maximum atomic E-state index is 13.0. The van der Waals surface area contributed by atoms with Gasteiger partial charge < -0.3 is 91.7 Å². The van der Waals surface area contributed by atoms with Crippen LogP contribution in [0.15, 0.2) is 109 Å². The average Bonchev–Trinajstić information content (AvgIpc) is 0.780. The molecule has 4 aromatic carbocycles. The Balaban J connectivity index is 0.813. The third kappa shape index (κ3) is 22.3. The second-order valence-corrected chi connectivity index (χ2v) is 24.7. The smallest absolute Gasteiger partial charge is 0.364 e. The first-order chi connectivity index (χ1) is 44.0. The van der Waals surface area contributed by atoms with Crippen LogP contribution in [0.5, 0.6) is 0 Å². The Hall–Kier alpha value is -7.06. The van der Waals surface area contributed by atoms with Crippen LogP contribution in [0.4, 0.5) is 0 Å². The molecule has 28 heteroatoms. The van der Waals surface area contributed by atoms with Gasteiger partial charge in [-0.05, 0) is 83.7 Å². The van der Waals surface area contributed by atoms with E-state index >= 15 is 0 Å². The summed E-state index contributed by atoms with van der Waals surface area (Å²) in [6.07, 6.45) is -13.2. The Morgan fingerprint density at radius 2 is 0.848 bits per heavy atom. The molecule has 2 aliphatic heterocycles. The fraction of sp³-hybridized carbons (Fsp3) is 0.500. The van der Waals surface area contributed by atoms with E-state index in [-0.39, 0.29) is 49.0 Å². The molecule has 0 aromatic heterocycles. The zero-order valence-corrected chi connectivity index (χ0v) is 52.8. The van der Waals surface area contributed by atoms with Crippen LogP contribution in [0.3, 0.4) is 0 Å². The van der Waals surface area contributed by atoms with Gasteiger partial charge in [-0.15, -0.1) is 0 Å². The van der Waals surface area contributed by atoms with E-state index in [0.717, 1.165) is 36.1 Å². The minimum absolute atomic E-state index is 0.163. The number of aliphatic carboxylic acids is 2. The molecule has 2 heterocycles. The zero-order valence-electron chi connectivity index (χ0n) is 51.2. The van der Waals surface area contributed by atoms with Gasteiger partial charge in [0.2, 0.25) is 23.6 Å². The SMILES string of the molecule is CC(=O)N[C@H]1[C@H]([C@H](O)[C@H](O)CNC(=O)c2ccc(-c3ccccc3)cc2)O[C@@](OCCCSCCNC(=O)CCCCC(=O)NCCSCCCO[C@]2(C(=O)O)C[C@H](O)[C@@H](NC(C)=O)[C@H]([C@H](O)[C@H](O)CNC(=O)c3ccc(-c4ccccc4)cc3)O2)(C(=O)O)C[C@@H]1O. The maximum absolute atomic E-state index is 13.0. The summed E-state index contributed by atoms with van der Waals surface area (Å²) in [6, 6.07) is 29.7. The molecule has 0 saturated carbocycles. The summed E-state index contributed by atoms with van der Waals surface area (Å²) < 4.78 is 23.1. The third-order valence-corrected chi connectivity index (χ3v) is 17.3. The van der Waals surface area contributed by atoms with E-state index < -0.39 is 134 Å². The Morgan fingerprint density at radius 1 is 0.500 bits per heavy atom. The normalized spacial score (nSPS) is 22.5. The van der Waals surface area contributed by atoms with Crippen molar-refractivity contribution >= 4 is 70.9 Å². The Morgan fingerprint density at radius 3 is 1.18 bits per heavy atom. The van der Waals surface area contributed by atoms with Crippen molar-refractivity contribution in [2.75, 3.05) is 62.4 Å². The van der Waals surface area contributed by atoms with Gasteiger partial charge in [0.25, 0.3) is 23.4 Å². The van der Waals surface area contributed by atoms with Crippen molar-refractivity contribution in [3.05, 3.63) is 120 Å². The third-order valence-electron chi connectivity index (χ3n) is 15.2. The van der Waals surface area contributed by atoms with Crippen LogP contribution in [-0.4, -0.2) is 223 Å². The summed E-state index contributed by atoms with van der Waals surface area (Å²) >= 11 is 2.90. The van der Waals surface area contributed by atoms with Crippen molar-refractivity contribution in [2.24, 2.45) is 0 Å². The summed E-state index contributed by atoms with van der Waals surface area (Å²) in [5, 5.41) is 103. The molecule has 26 nitrogen and oxygen atoms in total. The molecule has 0 radical (unpaired) electrons. The number of unbranched alkanes of at least 4 members (excludes halogenated alkanes) is 1. The first kappa shape index (κ1) is 74.0. The topological polar surface area (TPSA) is 408 Å². The zero-order chi connectivity index (χ0) is 66.8. The van der Waals surface area contributed by atoms with E-state index in [4.69, 9.17) is 18.9 Å². The molecule has 2 saturated heterocycles. The van der Waals surface area contributed by atoms with E-state index in [1.807, 2.05) is 60.7 Å². The molecular weight excluding hydrogens is 1240 g/mol. The second kappa shape index (κ2) is 37.0. The first-order valence-electron chi connectivity index (χ1n) is 30.3. The minimum atomic E-state index is -2.47. The molecule has 6 amide bonds. The lowest BCUT2D eigenvalue weighted by Gasteiger charge is -2.46. The number of hydrogen-bond acceptors (Lipinski definition) is 20. The summed E-state index contributed by atoms with van der Waals surface area (Å²) in [5.41, 5.74) is 4.19. The van der Waals surface area contributed by atoms with Crippen LogP contribution < -0.4 is 31.9 Å². The fourth-order valence-electron chi connectivity index (χ4n) is 10.3. The van der Waals surface area contributed by atoms with Crippen LogP contribution in [0.25, 0.3) is 22.3 Å². The molecule has 14 N–H and O–H groups in total. The number of carbonyl (C=O) groups is 8. The number of amides is 6. The molecule has 92 heavy (non-hydrogen) atoms. The molecule has 502 valence electrons. The van der Waals surface area contributed by atoms with E-state index in [1.165, 1.54) is 23.5 Å². The summed E-state index contributed by atoms with van der Waals surface area (Å²) in [5.74, 6) is -8.99. The second-order valence-electron chi connectivity index (χ2n) is 22.2. The lowest BCUT2D eigenvalue weighted by atomic mass is 9.88.